The molecule has 0 radical (unpaired) electrons. The number of hydrogen-bond acceptors (Lipinski definition) is 2. The Labute approximate surface area is 209 Å². The lowest BCUT2D eigenvalue weighted by molar-refractivity contribution is -0.0801. The van der Waals surface area contributed by atoms with E-state index in [1.165, 1.54) is 18.3 Å². The summed E-state index contributed by atoms with van der Waals surface area (Å²) in [6, 6.07) is 25.6. The Morgan fingerprint density at radius 2 is 1.30 bits per heavy atom. The van der Waals surface area contributed by atoms with Gasteiger partial charge in [0.15, 0.2) is 5.75 Å². The van der Waals surface area contributed by atoms with Crippen molar-refractivity contribution in [2.75, 3.05) is 0 Å². The number of rotatable bonds is 10. The minimum atomic E-state index is 0.480. The highest BCUT2D eigenvalue weighted by atomic mass is 127. The van der Waals surface area contributed by atoms with Gasteiger partial charge in [0.1, 0.15) is 0 Å². The van der Waals surface area contributed by atoms with Gasteiger partial charge in [0.05, 0.1) is 9.47 Å². The lowest BCUT2D eigenvalue weighted by Crippen LogP contribution is -2.02. The van der Waals surface area contributed by atoms with Gasteiger partial charge in [-0.1, -0.05) is 54.6 Å². The number of para-hydroxylation sites is 1. The summed E-state index contributed by atoms with van der Waals surface area (Å²) in [5, 5.41) is 0. The number of benzene rings is 3. The Bertz CT molecular complexity index is 891. The minimum absolute atomic E-state index is 0.480. The molecule has 0 aliphatic carbocycles. The molecule has 5 heteroatoms. The van der Waals surface area contributed by atoms with Crippen molar-refractivity contribution in [3.05, 3.63) is 103 Å². The van der Waals surface area contributed by atoms with Crippen LogP contribution in [0.3, 0.4) is 0 Å². The predicted molar refractivity (Wildman–Crippen MR) is 145 cm³/mol. The molecule has 3 rings (SSSR count). The van der Waals surface area contributed by atoms with Crippen LogP contribution in [0.4, 0.5) is 0 Å². The first-order valence-electron chi connectivity index (χ1n) is 9.93. The molecule has 0 spiro atoms. The third kappa shape index (κ3) is 7.95. The Kier molecular flexibility index (Phi) is 10.1. The lowest BCUT2D eigenvalue weighted by Gasteiger charge is -2.14. The summed E-state index contributed by atoms with van der Waals surface area (Å²) in [5.74, 6) is 1.20. The predicted octanol–water partition coefficient (Wildman–Crippen LogP) is 7.89. The van der Waals surface area contributed by atoms with Crippen molar-refractivity contribution in [3.8, 4) is 5.75 Å². The molecule has 0 aliphatic heterocycles. The SMILES string of the molecule is POOc1ccccc1/C=C/C(CCc1ccc(I)cc1)CCc1ccc(I)cc1. The molecule has 2 nitrogen and oxygen atoms in total. The van der Waals surface area contributed by atoms with E-state index in [4.69, 9.17) is 9.56 Å². The lowest BCUT2D eigenvalue weighted by atomic mass is 9.92. The molecule has 0 fully saturated rings. The molecule has 0 aromatic heterocycles. The molecule has 3 aromatic carbocycles. The van der Waals surface area contributed by atoms with Crippen LogP contribution in [0.1, 0.15) is 29.5 Å². The van der Waals surface area contributed by atoms with E-state index in [1.807, 2.05) is 24.3 Å². The van der Waals surface area contributed by atoms with Gasteiger partial charge >= 0.3 is 0 Å². The zero-order valence-corrected chi connectivity index (χ0v) is 22.1. The molecule has 30 heavy (non-hydrogen) atoms. The third-order valence-electron chi connectivity index (χ3n) is 5.04. The molecule has 0 N–H and O–H groups in total. The van der Waals surface area contributed by atoms with Crippen LogP contribution in [0.2, 0.25) is 0 Å². The molecule has 0 heterocycles. The van der Waals surface area contributed by atoms with Crippen molar-refractivity contribution < 1.29 is 9.56 Å². The minimum Gasteiger partial charge on any atom is -0.334 e. The van der Waals surface area contributed by atoms with Crippen LogP contribution in [-0.2, 0) is 17.5 Å². The standard InChI is InChI=1S/C25H25I2O2P/c26-23-15-10-20(11-16-23)7-5-19(6-8-21-12-17-24(27)18-13-21)9-14-22-3-1-2-4-25(22)28-29-30/h1-4,9-19H,5-8,30H2/b14-9+. The summed E-state index contributed by atoms with van der Waals surface area (Å²) in [4.78, 5) is 5.26. The van der Waals surface area contributed by atoms with Crippen LogP contribution in [0.5, 0.6) is 5.75 Å². The summed E-state index contributed by atoms with van der Waals surface area (Å²) in [6.45, 7) is 0. The first-order chi connectivity index (χ1) is 14.6. The summed E-state index contributed by atoms with van der Waals surface area (Å²) >= 11 is 4.71. The monoisotopic (exact) mass is 642 g/mol. The highest BCUT2D eigenvalue weighted by molar-refractivity contribution is 14.1. The molecular formula is C25H25I2O2P. The molecule has 156 valence electrons. The number of aryl methyl sites for hydroxylation is 2. The van der Waals surface area contributed by atoms with Crippen LogP contribution < -0.4 is 4.89 Å². The average molecular weight is 642 g/mol. The van der Waals surface area contributed by atoms with Gasteiger partial charge < -0.3 is 4.89 Å². The van der Waals surface area contributed by atoms with E-state index < -0.39 is 0 Å². The summed E-state index contributed by atoms with van der Waals surface area (Å²) in [7, 11) is 2.12. The molecule has 1 atom stereocenters. The number of allylic oxidation sites excluding steroid dienone is 1. The van der Waals surface area contributed by atoms with Crippen LogP contribution in [0.15, 0.2) is 78.9 Å². The van der Waals surface area contributed by atoms with Gasteiger partial charge in [0.2, 0.25) is 0 Å². The number of hydrogen-bond donors (Lipinski definition) is 0. The van der Waals surface area contributed by atoms with E-state index in [-0.39, 0.29) is 0 Å². The fraction of sp³-hybridized carbons (Fsp3) is 0.200. The Morgan fingerprint density at radius 3 is 1.83 bits per heavy atom. The van der Waals surface area contributed by atoms with Crippen molar-refractivity contribution in [1.29, 1.82) is 0 Å². The Balaban J connectivity index is 1.70. The van der Waals surface area contributed by atoms with E-state index in [0.29, 0.717) is 5.92 Å². The van der Waals surface area contributed by atoms with Gasteiger partial charge in [-0.05, 0) is 118 Å². The zero-order valence-electron chi connectivity index (χ0n) is 16.6. The molecular weight excluding hydrogens is 617 g/mol. The van der Waals surface area contributed by atoms with Gasteiger partial charge in [-0.15, -0.1) is 0 Å². The first-order valence-corrected chi connectivity index (χ1v) is 12.6. The Hall–Kier alpha value is -0.950. The molecule has 1 unspecified atom stereocenters. The van der Waals surface area contributed by atoms with Crippen LogP contribution in [-0.4, -0.2) is 0 Å². The molecule has 0 amide bonds. The second kappa shape index (κ2) is 12.8. The van der Waals surface area contributed by atoms with Crippen molar-refractivity contribution in [2.45, 2.75) is 25.7 Å². The van der Waals surface area contributed by atoms with Gasteiger partial charge in [0.25, 0.3) is 0 Å². The highest BCUT2D eigenvalue weighted by Crippen LogP contribution is 2.24. The molecule has 0 saturated carbocycles. The fourth-order valence-electron chi connectivity index (χ4n) is 3.33. The number of halogens is 2. The molecule has 0 aliphatic rings. The van der Waals surface area contributed by atoms with Crippen molar-refractivity contribution in [2.24, 2.45) is 5.92 Å². The van der Waals surface area contributed by atoms with Crippen molar-refractivity contribution >= 4 is 60.7 Å². The molecule has 0 saturated heterocycles. The largest absolute Gasteiger partial charge is 0.334 e. The third-order valence-corrected chi connectivity index (χ3v) is 6.57. The first kappa shape index (κ1) is 23.7. The van der Waals surface area contributed by atoms with Gasteiger partial charge in [-0.3, -0.25) is 0 Å². The topological polar surface area (TPSA) is 18.5 Å². The van der Waals surface area contributed by atoms with Crippen molar-refractivity contribution in [1.82, 2.24) is 0 Å². The second-order valence-corrected chi connectivity index (χ2v) is 9.85. The Morgan fingerprint density at radius 1 is 0.767 bits per heavy atom. The summed E-state index contributed by atoms with van der Waals surface area (Å²) in [6.07, 6.45) is 8.86. The van der Waals surface area contributed by atoms with E-state index in [9.17, 15) is 0 Å². The fourth-order valence-corrected chi connectivity index (χ4v) is 4.15. The second-order valence-electron chi connectivity index (χ2n) is 7.17. The van der Waals surface area contributed by atoms with Crippen LogP contribution in [0, 0.1) is 13.1 Å². The zero-order chi connectivity index (χ0) is 21.2. The van der Waals surface area contributed by atoms with Gasteiger partial charge in [-0.2, -0.15) is 4.67 Å². The molecule has 0 bridgehead atoms. The van der Waals surface area contributed by atoms with Gasteiger partial charge in [0, 0.05) is 12.7 Å². The van der Waals surface area contributed by atoms with E-state index in [2.05, 4.69) is 115 Å². The van der Waals surface area contributed by atoms with E-state index >= 15 is 0 Å². The highest BCUT2D eigenvalue weighted by Gasteiger charge is 2.08. The maximum Gasteiger partial charge on any atom is 0.172 e. The van der Waals surface area contributed by atoms with Crippen LogP contribution in [0.25, 0.3) is 6.08 Å². The summed E-state index contributed by atoms with van der Waals surface area (Å²) in [5.41, 5.74) is 3.81. The maximum absolute atomic E-state index is 5.26. The normalized spacial score (nSPS) is 11.3. The van der Waals surface area contributed by atoms with E-state index in [0.717, 1.165) is 37.0 Å². The van der Waals surface area contributed by atoms with Crippen molar-refractivity contribution in [3.63, 3.8) is 0 Å². The van der Waals surface area contributed by atoms with E-state index in [1.54, 1.807) is 0 Å². The quantitative estimate of drug-likeness (QED) is 0.0970. The maximum atomic E-state index is 5.26. The van der Waals surface area contributed by atoms with Crippen LogP contribution >= 0.6 is 54.6 Å². The average Bonchev–Trinajstić information content (AvgIpc) is 2.76. The summed E-state index contributed by atoms with van der Waals surface area (Å²) < 4.78 is 7.34. The van der Waals surface area contributed by atoms with Gasteiger partial charge in [-0.25, -0.2) is 0 Å². The molecule has 3 aromatic rings. The smallest absolute Gasteiger partial charge is 0.172 e.